The minimum atomic E-state index is 0.315. The van der Waals surface area contributed by atoms with Crippen molar-refractivity contribution in [1.82, 2.24) is 15.1 Å². The molecule has 1 aromatic rings. The number of halogens is 1. The van der Waals surface area contributed by atoms with Gasteiger partial charge in [0.15, 0.2) is 5.82 Å². The second-order valence-corrected chi connectivity index (χ2v) is 5.75. The first-order valence-corrected chi connectivity index (χ1v) is 6.95. The molecule has 0 aromatic carbocycles. The first-order chi connectivity index (χ1) is 8.56. The van der Waals surface area contributed by atoms with Gasteiger partial charge in [-0.05, 0) is 58.2 Å². The van der Waals surface area contributed by atoms with Crippen molar-refractivity contribution < 1.29 is 0 Å². The van der Waals surface area contributed by atoms with E-state index < -0.39 is 0 Å². The molecule has 0 spiro atoms. The zero-order chi connectivity index (χ0) is 13.1. The normalized spacial score (nSPS) is 18.4. The van der Waals surface area contributed by atoms with Crippen LogP contribution < -0.4 is 5.73 Å². The Bertz CT molecular complexity index is 400. The van der Waals surface area contributed by atoms with Crippen LogP contribution in [0.1, 0.15) is 32.4 Å². The Balaban J connectivity index is 1.89. The molecule has 0 bridgehead atoms. The molecule has 1 aliphatic rings. The highest BCUT2D eigenvalue weighted by Gasteiger charge is 2.21. The van der Waals surface area contributed by atoms with Gasteiger partial charge in [-0.25, -0.2) is 0 Å². The van der Waals surface area contributed by atoms with Gasteiger partial charge in [-0.1, -0.05) is 11.6 Å². The highest BCUT2D eigenvalue weighted by atomic mass is 35.5. The molecule has 0 aliphatic carbocycles. The summed E-state index contributed by atoms with van der Waals surface area (Å²) in [6.45, 7) is 6.87. The van der Waals surface area contributed by atoms with E-state index in [0.29, 0.717) is 22.8 Å². The summed E-state index contributed by atoms with van der Waals surface area (Å²) < 4.78 is 0. The Labute approximate surface area is 114 Å². The molecule has 18 heavy (non-hydrogen) atoms. The van der Waals surface area contributed by atoms with Crippen molar-refractivity contribution in [2.75, 3.05) is 18.8 Å². The van der Waals surface area contributed by atoms with E-state index >= 15 is 0 Å². The largest absolute Gasteiger partial charge is 0.381 e. The van der Waals surface area contributed by atoms with Crippen molar-refractivity contribution in [2.45, 2.75) is 39.2 Å². The van der Waals surface area contributed by atoms with Crippen LogP contribution in [0.15, 0.2) is 6.07 Å². The van der Waals surface area contributed by atoms with Crippen LogP contribution in [0.25, 0.3) is 0 Å². The number of nitrogens with zero attached hydrogens (tertiary/aromatic N) is 3. The first kappa shape index (κ1) is 13.6. The van der Waals surface area contributed by atoms with Crippen molar-refractivity contribution in [2.24, 2.45) is 5.92 Å². The van der Waals surface area contributed by atoms with Gasteiger partial charge in [-0.3, -0.25) is 0 Å². The predicted molar refractivity (Wildman–Crippen MR) is 74.6 cm³/mol. The van der Waals surface area contributed by atoms with Crippen molar-refractivity contribution in [3.63, 3.8) is 0 Å². The lowest BCUT2D eigenvalue weighted by Crippen LogP contribution is -2.38. The van der Waals surface area contributed by atoms with Crippen LogP contribution in [0.5, 0.6) is 0 Å². The molecule has 0 radical (unpaired) electrons. The molecule has 2 rings (SSSR count). The summed E-state index contributed by atoms with van der Waals surface area (Å²) in [7, 11) is 0. The topological polar surface area (TPSA) is 55.0 Å². The molecule has 0 unspecified atom stereocenters. The zero-order valence-electron chi connectivity index (χ0n) is 11.1. The van der Waals surface area contributed by atoms with Gasteiger partial charge < -0.3 is 10.6 Å². The lowest BCUT2D eigenvalue weighted by molar-refractivity contribution is 0.149. The highest BCUT2D eigenvalue weighted by Crippen LogP contribution is 2.23. The number of nitrogens with two attached hydrogens (primary N) is 1. The Kier molecular flexibility index (Phi) is 4.40. The molecule has 2 N–H and O–H groups in total. The second-order valence-electron chi connectivity index (χ2n) is 5.35. The van der Waals surface area contributed by atoms with E-state index in [4.69, 9.17) is 17.3 Å². The summed E-state index contributed by atoms with van der Waals surface area (Å²) in [6, 6.07) is 2.50. The van der Waals surface area contributed by atoms with E-state index in [-0.39, 0.29) is 0 Å². The average molecular weight is 269 g/mol. The van der Waals surface area contributed by atoms with Gasteiger partial charge in [0.05, 0.1) is 10.7 Å². The summed E-state index contributed by atoms with van der Waals surface area (Å²) >= 11 is 5.96. The van der Waals surface area contributed by atoms with Crippen LogP contribution in [-0.4, -0.2) is 34.2 Å². The quantitative estimate of drug-likeness (QED) is 0.915. The average Bonchev–Trinajstić information content (AvgIpc) is 2.34. The third-order valence-corrected chi connectivity index (χ3v) is 4.00. The zero-order valence-corrected chi connectivity index (χ0v) is 11.8. The number of piperidine rings is 1. The van der Waals surface area contributed by atoms with Crippen molar-refractivity contribution in [1.29, 1.82) is 0 Å². The van der Waals surface area contributed by atoms with Gasteiger partial charge in [0.25, 0.3) is 0 Å². The molecule has 1 aromatic heterocycles. The number of hydrogen-bond donors (Lipinski definition) is 1. The van der Waals surface area contributed by atoms with E-state index in [0.717, 1.165) is 12.1 Å². The SMILES string of the molecule is CC(C)N1CCC(Cc2cc(Cl)c(N)nn2)CC1. The molecule has 1 saturated heterocycles. The van der Waals surface area contributed by atoms with Crippen LogP contribution >= 0.6 is 11.6 Å². The Morgan fingerprint density at radius 1 is 1.39 bits per heavy atom. The number of aromatic nitrogens is 2. The first-order valence-electron chi connectivity index (χ1n) is 6.58. The molecule has 0 atom stereocenters. The van der Waals surface area contributed by atoms with Gasteiger partial charge in [0.2, 0.25) is 0 Å². The Hall–Kier alpha value is -0.870. The van der Waals surface area contributed by atoms with Crippen LogP contribution in [0.3, 0.4) is 0 Å². The van der Waals surface area contributed by atoms with Crippen molar-refractivity contribution in [3.8, 4) is 0 Å². The number of hydrogen-bond acceptors (Lipinski definition) is 4. The van der Waals surface area contributed by atoms with Crippen LogP contribution in [0.4, 0.5) is 5.82 Å². The van der Waals surface area contributed by atoms with E-state index in [1.165, 1.54) is 25.9 Å². The second kappa shape index (κ2) is 5.85. The Morgan fingerprint density at radius 2 is 2.06 bits per heavy atom. The molecular formula is C13H21ClN4. The fourth-order valence-corrected chi connectivity index (χ4v) is 2.65. The maximum Gasteiger partial charge on any atom is 0.164 e. The van der Waals surface area contributed by atoms with Crippen LogP contribution in [0, 0.1) is 5.92 Å². The summed E-state index contributed by atoms with van der Waals surface area (Å²) in [4.78, 5) is 2.53. The van der Waals surface area contributed by atoms with E-state index in [1.807, 2.05) is 6.07 Å². The van der Waals surface area contributed by atoms with E-state index in [1.54, 1.807) is 0 Å². The molecule has 2 heterocycles. The monoisotopic (exact) mass is 268 g/mol. The van der Waals surface area contributed by atoms with Crippen LogP contribution in [0.2, 0.25) is 5.02 Å². The lowest BCUT2D eigenvalue weighted by Gasteiger charge is -2.34. The molecule has 5 heteroatoms. The number of anilines is 1. The fourth-order valence-electron chi connectivity index (χ4n) is 2.48. The fraction of sp³-hybridized carbons (Fsp3) is 0.692. The molecular weight excluding hydrogens is 248 g/mol. The maximum absolute atomic E-state index is 5.96. The molecule has 0 saturated carbocycles. The van der Waals surface area contributed by atoms with E-state index in [2.05, 4.69) is 28.9 Å². The minimum Gasteiger partial charge on any atom is -0.381 e. The van der Waals surface area contributed by atoms with Crippen molar-refractivity contribution in [3.05, 3.63) is 16.8 Å². The molecule has 0 amide bonds. The van der Waals surface area contributed by atoms with E-state index in [9.17, 15) is 0 Å². The number of nitrogen functional groups attached to an aromatic ring is 1. The summed E-state index contributed by atoms with van der Waals surface area (Å²) in [5.74, 6) is 1.00. The lowest BCUT2D eigenvalue weighted by atomic mass is 9.91. The summed E-state index contributed by atoms with van der Waals surface area (Å²) in [6.07, 6.45) is 3.41. The van der Waals surface area contributed by atoms with Crippen LogP contribution in [-0.2, 0) is 6.42 Å². The molecule has 4 nitrogen and oxygen atoms in total. The summed E-state index contributed by atoms with van der Waals surface area (Å²) in [5.41, 5.74) is 6.52. The third kappa shape index (κ3) is 3.33. The highest BCUT2D eigenvalue weighted by molar-refractivity contribution is 6.32. The number of likely N-dealkylation sites (tertiary alicyclic amines) is 1. The maximum atomic E-state index is 5.96. The van der Waals surface area contributed by atoms with Gasteiger partial charge in [-0.2, -0.15) is 5.10 Å². The molecule has 100 valence electrons. The van der Waals surface area contributed by atoms with Gasteiger partial charge in [0.1, 0.15) is 0 Å². The minimum absolute atomic E-state index is 0.315. The molecule has 1 fully saturated rings. The van der Waals surface area contributed by atoms with Gasteiger partial charge >= 0.3 is 0 Å². The molecule has 1 aliphatic heterocycles. The predicted octanol–water partition coefficient (Wildman–Crippen LogP) is 2.38. The van der Waals surface area contributed by atoms with Gasteiger partial charge in [0, 0.05) is 6.04 Å². The van der Waals surface area contributed by atoms with Gasteiger partial charge in [-0.15, -0.1) is 5.10 Å². The smallest absolute Gasteiger partial charge is 0.164 e. The Morgan fingerprint density at radius 3 is 2.61 bits per heavy atom. The third-order valence-electron chi connectivity index (χ3n) is 3.70. The standard InChI is InChI=1S/C13H21ClN4/c1-9(2)18-5-3-10(4-6-18)7-11-8-12(14)13(15)17-16-11/h8-10H,3-7H2,1-2H3,(H2,15,17). The number of rotatable bonds is 3. The van der Waals surface area contributed by atoms with Crippen molar-refractivity contribution >= 4 is 17.4 Å². The summed E-state index contributed by atoms with van der Waals surface area (Å²) in [5, 5.41) is 8.50.